The van der Waals surface area contributed by atoms with E-state index in [4.69, 9.17) is 33.7 Å². The fraction of sp³-hybridized carbons (Fsp3) is 0.190. The van der Waals surface area contributed by atoms with Crippen LogP contribution in [0.1, 0.15) is 18.6 Å². The molecule has 0 aliphatic carbocycles. The number of anilines is 1. The lowest BCUT2D eigenvalue weighted by atomic mass is 10.1. The van der Waals surface area contributed by atoms with Crippen molar-refractivity contribution in [3.63, 3.8) is 0 Å². The van der Waals surface area contributed by atoms with Gasteiger partial charge >= 0.3 is 0 Å². The highest BCUT2D eigenvalue weighted by Crippen LogP contribution is 2.36. The van der Waals surface area contributed by atoms with Crippen LogP contribution in [0, 0.1) is 0 Å². The standard InChI is InChI=1S/C21H21Cl2N2O2P/c1-13(18-11-16(22)6-9-19(18)23)27-20-10-15(12-25-21(20)24)14-4-7-17(8-5-14)28(2,3)26/h4-13H,1-3H3,(H2,24,25). The van der Waals surface area contributed by atoms with E-state index in [2.05, 4.69) is 4.98 Å². The van der Waals surface area contributed by atoms with Crippen molar-refractivity contribution in [2.75, 3.05) is 19.1 Å². The van der Waals surface area contributed by atoms with E-state index in [-0.39, 0.29) is 11.9 Å². The van der Waals surface area contributed by atoms with Gasteiger partial charge in [-0.3, -0.25) is 0 Å². The van der Waals surface area contributed by atoms with Gasteiger partial charge in [-0.2, -0.15) is 0 Å². The molecule has 3 rings (SSSR count). The maximum atomic E-state index is 12.2. The highest BCUT2D eigenvalue weighted by atomic mass is 35.5. The highest BCUT2D eigenvalue weighted by molar-refractivity contribution is 7.70. The van der Waals surface area contributed by atoms with Gasteiger partial charge in [0, 0.05) is 32.7 Å². The van der Waals surface area contributed by atoms with E-state index < -0.39 is 7.14 Å². The smallest absolute Gasteiger partial charge is 0.166 e. The highest BCUT2D eigenvalue weighted by Gasteiger charge is 2.16. The molecule has 3 aromatic rings. The molecule has 2 N–H and O–H groups in total. The molecular formula is C21H21Cl2N2O2P. The van der Waals surface area contributed by atoms with Crippen LogP contribution in [0.4, 0.5) is 5.82 Å². The van der Waals surface area contributed by atoms with E-state index in [1.165, 1.54) is 0 Å². The maximum absolute atomic E-state index is 12.2. The molecule has 1 aromatic heterocycles. The van der Waals surface area contributed by atoms with Crippen LogP contribution >= 0.6 is 30.3 Å². The number of benzene rings is 2. The zero-order valence-electron chi connectivity index (χ0n) is 15.8. The molecule has 0 amide bonds. The van der Waals surface area contributed by atoms with Gasteiger partial charge in [0.2, 0.25) is 0 Å². The number of nitrogens with zero attached hydrogens (tertiary/aromatic N) is 1. The minimum Gasteiger partial charge on any atom is -0.482 e. The van der Waals surface area contributed by atoms with Gasteiger partial charge in [-0.15, -0.1) is 0 Å². The van der Waals surface area contributed by atoms with Gasteiger partial charge in [-0.25, -0.2) is 4.98 Å². The zero-order valence-corrected chi connectivity index (χ0v) is 18.2. The normalized spacial score (nSPS) is 12.6. The van der Waals surface area contributed by atoms with Gasteiger partial charge in [-0.05, 0) is 50.1 Å². The Labute approximate surface area is 175 Å². The Hall–Kier alpha value is -2.00. The van der Waals surface area contributed by atoms with E-state index in [0.717, 1.165) is 22.0 Å². The molecule has 1 heterocycles. The second-order valence-electron chi connectivity index (χ2n) is 6.93. The minimum atomic E-state index is -2.29. The number of pyridine rings is 1. The molecule has 0 bridgehead atoms. The fourth-order valence-electron chi connectivity index (χ4n) is 2.80. The predicted molar refractivity (Wildman–Crippen MR) is 119 cm³/mol. The summed E-state index contributed by atoms with van der Waals surface area (Å²) in [5.74, 6) is 0.749. The van der Waals surface area contributed by atoms with E-state index in [9.17, 15) is 4.57 Å². The van der Waals surface area contributed by atoms with Crippen molar-refractivity contribution in [2.24, 2.45) is 0 Å². The van der Waals surface area contributed by atoms with Crippen molar-refractivity contribution in [3.05, 3.63) is 70.3 Å². The summed E-state index contributed by atoms with van der Waals surface area (Å²) < 4.78 is 18.2. The van der Waals surface area contributed by atoms with Crippen LogP contribution in [-0.2, 0) is 4.57 Å². The monoisotopic (exact) mass is 434 g/mol. The molecule has 0 aliphatic rings. The first kappa shape index (κ1) is 20.7. The average molecular weight is 435 g/mol. The van der Waals surface area contributed by atoms with Crippen molar-refractivity contribution in [1.29, 1.82) is 0 Å². The fourth-order valence-corrected chi connectivity index (χ4v) is 4.12. The second kappa shape index (κ2) is 8.16. The predicted octanol–water partition coefficient (Wildman–Crippen LogP) is 6.03. The zero-order chi connectivity index (χ0) is 20.5. The molecule has 4 nitrogen and oxygen atoms in total. The van der Waals surface area contributed by atoms with Crippen LogP contribution in [0.5, 0.6) is 5.75 Å². The molecule has 1 atom stereocenters. The minimum absolute atomic E-state index is 0.289. The topological polar surface area (TPSA) is 65.2 Å². The number of halogens is 2. The van der Waals surface area contributed by atoms with Crippen molar-refractivity contribution < 1.29 is 9.30 Å². The summed E-state index contributed by atoms with van der Waals surface area (Å²) in [6.07, 6.45) is 1.32. The van der Waals surface area contributed by atoms with Crippen LogP contribution < -0.4 is 15.8 Å². The summed E-state index contributed by atoms with van der Waals surface area (Å²) in [5.41, 5.74) is 8.56. The van der Waals surface area contributed by atoms with Gasteiger partial charge in [0.25, 0.3) is 0 Å². The van der Waals surface area contributed by atoms with Gasteiger partial charge in [0.1, 0.15) is 13.2 Å². The third-order valence-electron chi connectivity index (χ3n) is 4.40. The third kappa shape index (κ3) is 4.70. The van der Waals surface area contributed by atoms with Crippen molar-refractivity contribution in [3.8, 4) is 16.9 Å². The molecule has 0 saturated carbocycles. The lowest BCUT2D eigenvalue weighted by molar-refractivity contribution is 0.228. The number of hydrogen-bond acceptors (Lipinski definition) is 4. The SMILES string of the molecule is CC(Oc1cc(-c2ccc(P(C)(C)=O)cc2)cnc1N)c1cc(Cl)ccc1Cl. The van der Waals surface area contributed by atoms with E-state index >= 15 is 0 Å². The molecule has 0 fully saturated rings. The first-order chi connectivity index (χ1) is 13.1. The Morgan fingerprint density at radius 2 is 1.71 bits per heavy atom. The first-order valence-electron chi connectivity index (χ1n) is 8.68. The summed E-state index contributed by atoms with van der Waals surface area (Å²) >= 11 is 12.3. The second-order valence-corrected chi connectivity index (χ2v) is 11.0. The Bertz CT molecular complexity index is 1050. The summed E-state index contributed by atoms with van der Waals surface area (Å²) in [7, 11) is -2.29. The molecule has 146 valence electrons. The summed E-state index contributed by atoms with van der Waals surface area (Å²) in [6, 6.07) is 14.7. The largest absolute Gasteiger partial charge is 0.482 e. The number of nitrogens with two attached hydrogens (primary N) is 1. The first-order valence-corrected chi connectivity index (χ1v) is 12.0. The van der Waals surface area contributed by atoms with E-state index in [1.54, 1.807) is 37.7 Å². The quantitative estimate of drug-likeness (QED) is 0.498. The number of nitrogen functional groups attached to an aromatic ring is 1. The van der Waals surface area contributed by atoms with Crippen molar-refractivity contribution >= 4 is 41.5 Å². The van der Waals surface area contributed by atoms with Crippen LogP contribution in [-0.4, -0.2) is 18.3 Å². The molecule has 2 aromatic carbocycles. The van der Waals surface area contributed by atoms with Crippen LogP contribution in [0.15, 0.2) is 54.7 Å². The third-order valence-corrected chi connectivity index (χ3v) is 6.53. The maximum Gasteiger partial charge on any atom is 0.166 e. The molecular weight excluding hydrogens is 414 g/mol. The summed E-state index contributed by atoms with van der Waals surface area (Å²) in [4.78, 5) is 4.25. The molecule has 1 unspecified atom stereocenters. The molecule has 0 saturated heterocycles. The van der Waals surface area contributed by atoms with Crippen LogP contribution in [0.2, 0.25) is 10.0 Å². The number of aromatic nitrogens is 1. The van der Waals surface area contributed by atoms with Crippen LogP contribution in [0.3, 0.4) is 0 Å². The Balaban J connectivity index is 1.89. The van der Waals surface area contributed by atoms with Crippen LogP contribution in [0.25, 0.3) is 11.1 Å². The van der Waals surface area contributed by atoms with Crippen molar-refractivity contribution in [1.82, 2.24) is 4.98 Å². The number of hydrogen-bond donors (Lipinski definition) is 1. The van der Waals surface area contributed by atoms with Gasteiger partial charge in [0.15, 0.2) is 11.6 Å². The molecule has 28 heavy (non-hydrogen) atoms. The number of ether oxygens (including phenoxy) is 1. The number of rotatable bonds is 5. The van der Waals surface area contributed by atoms with E-state index in [1.807, 2.05) is 37.3 Å². The Morgan fingerprint density at radius 3 is 2.36 bits per heavy atom. The summed E-state index contributed by atoms with van der Waals surface area (Å²) in [5, 5.41) is 1.98. The Kier molecular flexibility index (Phi) is 6.04. The molecule has 0 aliphatic heterocycles. The van der Waals surface area contributed by atoms with Gasteiger partial charge < -0.3 is 15.0 Å². The molecule has 0 radical (unpaired) electrons. The van der Waals surface area contributed by atoms with Gasteiger partial charge in [0.05, 0.1) is 0 Å². The lowest BCUT2D eigenvalue weighted by Crippen LogP contribution is -2.07. The van der Waals surface area contributed by atoms with Crippen molar-refractivity contribution in [2.45, 2.75) is 13.0 Å². The van der Waals surface area contributed by atoms with Gasteiger partial charge in [-0.1, -0.05) is 47.5 Å². The van der Waals surface area contributed by atoms with E-state index in [0.29, 0.717) is 15.8 Å². The molecule has 7 heteroatoms. The average Bonchev–Trinajstić information content (AvgIpc) is 2.65. The lowest BCUT2D eigenvalue weighted by Gasteiger charge is -2.18. The molecule has 0 spiro atoms. The summed E-state index contributed by atoms with van der Waals surface area (Å²) in [6.45, 7) is 5.38. The Morgan fingerprint density at radius 1 is 1.04 bits per heavy atom.